The van der Waals surface area contributed by atoms with Crippen LogP contribution in [0.5, 0.6) is 0 Å². The maximum Gasteiger partial charge on any atom is 0.243 e. The number of anilines is 2. The van der Waals surface area contributed by atoms with Crippen LogP contribution in [0.25, 0.3) is 0 Å². The van der Waals surface area contributed by atoms with Crippen molar-refractivity contribution in [2.24, 2.45) is 0 Å². The Morgan fingerprint density at radius 3 is 2.00 bits per heavy atom. The smallest absolute Gasteiger partial charge is 0.243 e. The minimum absolute atomic E-state index is 0.301. The van der Waals surface area contributed by atoms with Crippen molar-refractivity contribution in [3.8, 4) is 0 Å². The lowest BCUT2D eigenvalue weighted by atomic mass is 10.2. The third-order valence-corrected chi connectivity index (χ3v) is 6.07. The molecule has 122 valence electrons. The van der Waals surface area contributed by atoms with Crippen molar-refractivity contribution < 1.29 is 8.42 Å². The third-order valence-electron chi connectivity index (χ3n) is 4.16. The maximum absolute atomic E-state index is 12.7. The van der Waals surface area contributed by atoms with Gasteiger partial charge in [-0.1, -0.05) is 17.7 Å². The molecule has 1 aliphatic rings. The Hall–Kier alpha value is -2.05. The SMILES string of the molecule is Cc1ccc(N2CCN(S(=O)(=O)c3ccc(N)cc3)CC2)cc1. The molecular weight excluding hydrogens is 310 g/mol. The number of hydrogen-bond acceptors (Lipinski definition) is 4. The van der Waals surface area contributed by atoms with Gasteiger partial charge in [0.2, 0.25) is 10.0 Å². The number of hydrogen-bond donors (Lipinski definition) is 1. The van der Waals surface area contributed by atoms with Crippen molar-refractivity contribution in [2.75, 3.05) is 36.8 Å². The molecule has 1 fully saturated rings. The van der Waals surface area contributed by atoms with Crippen LogP contribution >= 0.6 is 0 Å². The van der Waals surface area contributed by atoms with Crippen LogP contribution in [0.3, 0.4) is 0 Å². The summed E-state index contributed by atoms with van der Waals surface area (Å²) in [6.07, 6.45) is 0. The van der Waals surface area contributed by atoms with Crippen LogP contribution in [0.1, 0.15) is 5.56 Å². The van der Waals surface area contributed by atoms with Gasteiger partial charge in [-0.3, -0.25) is 0 Å². The predicted molar refractivity (Wildman–Crippen MR) is 93.0 cm³/mol. The summed E-state index contributed by atoms with van der Waals surface area (Å²) in [5.74, 6) is 0. The third kappa shape index (κ3) is 3.33. The second-order valence-corrected chi connectivity index (χ2v) is 7.73. The predicted octanol–water partition coefficient (Wildman–Crippen LogP) is 2.09. The Labute approximate surface area is 137 Å². The van der Waals surface area contributed by atoms with Crippen molar-refractivity contribution in [3.63, 3.8) is 0 Å². The molecule has 0 bridgehead atoms. The molecule has 23 heavy (non-hydrogen) atoms. The van der Waals surface area contributed by atoms with E-state index in [1.54, 1.807) is 28.6 Å². The second kappa shape index (κ2) is 6.22. The van der Waals surface area contributed by atoms with Crippen LogP contribution in [-0.4, -0.2) is 38.9 Å². The molecule has 2 aromatic rings. The molecule has 0 radical (unpaired) electrons. The number of nitrogen functional groups attached to an aromatic ring is 1. The van der Waals surface area contributed by atoms with E-state index in [9.17, 15) is 8.42 Å². The molecule has 1 aliphatic heterocycles. The van der Waals surface area contributed by atoms with E-state index in [1.807, 2.05) is 0 Å². The normalized spacial score (nSPS) is 16.5. The highest BCUT2D eigenvalue weighted by Gasteiger charge is 2.28. The van der Waals surface area contributed by atoms with Gasteiger partial charge in [-0.05, 0) is 43.3 Å². The van der Waals surface area contributed by atoms with Gasteiger partial charge in [0.05, 0.1) is 4.90 Å². The van der Waals surface area contributed by atoms with E-state index in [1.165, 1.54) is 5.56 Å². The van der Waals surface area contributed by atoms with Crippen LogP contribution < -0.4 is 10.6 Å². The molecule has 0 amide bonds. The molecule has 0 atom stereocenters. The lowest BCUT2D eigenvalue weighted by Gasteiger charge is -2.35. The summed E-state index contributed by atoms with van der Waals surface area (Å²) in [5, 5.41) is 0. The van der Waals surface area contributed by atoms with E-state index in [2.05, 4.69) is 36.1 Å². The van der Waals surface area contributed by atoms with Gasteiger partial charge in [-0.25, -0.2) is 8.42 Å². The lowest BCUT2D eigenvalue weighted by molar-refractivity contribution is 0.385. The fraction of sp³-hybridized carbons (Fsp3) is 0.294. The van der Waals surface area contributed by atoms with Gasteiger partial charge in [0.15, 0.2) is 0 Å². The second-order valence-electron chi connectivity index (χ2n) is 5.80. The molecule has 5 nitrogen and oxygen atoms in total. The van der Waals surface area contributed by atoms with Crippen molar-refractivity contribution in [2.45, 2.75) is 11.8 Å². The summed E-state index contributed by atoms with van der Waals surface area (Å²) in [5.41, 5.74) is 8.55. The first-order chi connectivity index (χ1) is 11.0. The monoisotopic (exact) mass is 331 g/mol. The van der Waals surface area contributed by atoms with E-state index in [0.717, 1.165) is 5.69 Å². The number of rotatable bonds is 3. The largest absolute Gasteiger partial charge is 0.399 e. The molecule has 3 rings (SSSR count). The van der Waals surface area contributed by atoms with Gasteiger partial charge in [-0.15, -0.1) is 0 Å². The molecule has 0 saturated carbocycles. The Kier molecular flexibility index (Phi) is 4.28. The summed E-state index contributed by atoms with van der Waals surface area (Å²) < 4.78 is 26.9. The Balaban J connectivity index is 1.70. The van der Waals surface area contributed by atoms with Gasteiger partial charge < -0.3 is 10.6 Å². The molecular formula is C17H21N3O2S. The molecule has 0 spiro atoms. The standard InChI is InChI=1S/C17H21N3O2S/c1-14-2-6-16(7-3-14)19-10-12-20(13-11-19)23(21,22)17-8-4-15(18)5-9-17/h2-9H,10-13,18H2,1H3. The fourth-order valence-electron chi connectivity index (χ4n) is 2.73. The molecule has 1 heterocycles. The highest BCUT2D eigenvalue weighted by Crippen LogP contribution is 2.22. The first kappa shape index (κ1) is 15.8. The number of aryl methyl sites for hydroxylation is 1. The van der Waals surface area contributed by atoms with Gasteiger partial charge in [-0.2, -0.15) is 4.31 Å². The molecule has 6 heteroatoms. The quantitative estimate of drug-likeness (QED) is 0.875. The van der Waals surface area contributed by atoms with Crippen LogP contribution in [0.2, 0.25) is 0 Å². The van der Waals surface area contributed by atoms with E-state index < -0.39 is 10.0 Å². The molecule has 2 N–H and O–H groups in total. The van der Waals surface area contributed by atoms with Gasteiger partial charge in [0, 0.05) is 37.6 Å². The number of nitrogens with two attached hydrogens (primary N) is 1. The van der Waals surface area contributed by atoms with Crippen LogP contribution in [-0.2, 0) is 10.0 Å². The summed E-state index contributed by atoms with van der Waals surface area (Å²) in [6.45, 7) is 4.41. The summed E-state index contributed by atoms with van der Waals surface area (Å²) >= 11 is 0. The zero-order valence-electron chi connectivity index (χ0n) is 13.1. The van der Waals surface area contributed by atoms with E-state index in [-0.39, 0.29) is 0 Å². The fourth-order valence-corrected chi connectivity index (χ4v) is 4.15. The van der Waals surface area contributed by atoms with Crippen LogP contribution in [0, 0.1) is 6.92 Å². The van der Waals surface area contributed by atoms with Gasteiger partial charge in [0.1, 0.15) is 0 Å². The molecule has 0 aromatic heterocycles. The number of piperazine rings is 1. The van der Waals surface area contributed by atoms with E-state index >= 15 is 0 Å². The molecule has 2 aromatic carbocycles. The summed E-state index contributed by atoms with van der Waals surface area (Å²) in [6, 6.07) is 14.7. The summed E-state index contributed by atoms with van der Waals surface area (Å²) in [4.78, 5) is 2.52. The first-order valence-corrected chi connectivity index (χ1v) is 9.08. The minimum Gasteiger partial charge on any atom is -0.399 e. The van der Waals surface area contributed by atoms with Crippen molar-refractivity contribution >= 4 is 21.4 Å². The van der Waals surface area contributed by atoms with Crippen molar-refractivity contribution in [1.29, 1.82) is 0 Å². The van der Waals surface area contributed by atoms with Crippen molar-refractivity contribution in [1.82, 2.24) is 4.31 Å². The van der Waals surface area contributed by atoms with E-state index in [4.69, 9.17) is 5.73 Å². The average Bonchev–Trinajstić information content (AvgIpc) is 2.56. The highest BCUT2D eigenvalue weighted by atomic mass is 32.2. The first-order valence-electron chi connectivity index (χ1n) is 7.64. The van der Waals surface area contributed by atoms with E-state index in [0.29, 0.717) is 36.8 Å². The average molecular weight is 331 g/mol. The minimum atomic E-state index is -3.44. The van der Waals surface area contributed by atoms with Crippen molar-refractivity contribution in [3.05, 3.63) is 54.1 Å². The molecule has 0 aliphatic carbocycles. The van der Waals surface area contributed by atoms with Crippen LogP contribution in [0.15, 0.2) is 53.4 Å². The zero-order chi connectivity index (χ0) is 16.4. The number of nitrogens with zero attached hydrogens (tertiary/aromatic N) is 2. The topological polar surface area (TPSA) is 66.6 Å². The number of benzene rings is 2. The Morgan fingerprint density at radius 2 is 1.43 bits per heavy atom. The lowest BCUT2D eigenvalue weighted by Crippen LogP contribution is -2.48. The zero-order valence-corrected chi connectivity index (χ0v) is 14.0. The molecule has 1 saturated heterocycles. The van der Waals surface area contributed by atoms with Gasteiger partial charge in [0.25, 0.3) is 0 Å². The highest BCUT2D eigenvalue weighted by molar-refractivity contribution is 7.89. The Morgan fingerprint density at radius 1 is 0.870 bits per heavy atom. The van der Waals surface area contributed by atoms with Crippen LogP contribution in [0.4, 0.5) is 11.4 Å². The number of sulfonamides is 1. The molecule has 0 unspecified atom stereocenters. The van der Waals surface area contributed by atoms with Gasteiger partial charge >= 0.3 is 0 Å². The Bertz CT molecular complexity index is 762. The maximum atomic E-state index is 12.7. The summed E-state index contributed by atoms with van der Waals surface area (Å²) in [7, 11) is -3.44.